The van der Waals surface area contributed by atoms with Gasteiger partial charge in [0.1, 0.15) is 0 Å². The fourth-order valence-electron chi connectivity index (χ4n) is 3.86. The lowest BCUT2D eigenvalue weighted by molar-refractivity contribution is -0.498. The number of hydrogen-bond donors (Lipinski definition) is 2. The van der Waals surface area contributed by atoms with Crippen LogP contribution in [0.1, 0.15) is 45.8 Å². The van der Waals surface area contributed by atoms with Gasteiger partial charge in [-0.05, 0) is 55.5 Å². The van der Waals surface area contributed by atoms with E-state index in [-0.39, 0.29) is 11.9 Å². The predicted molar refractivity (Wildman–Crippen MR) is 123 cm³/mol. The molecule has 3 aromatic rings. The van der Waals surface area contributed by atoms with Crippen molar-refractivity contribution in [1.82, 2.24) is 15.4 Å². The largest absolute Gasteiger partial charge is 0.469 e. The third-order valence-corrected chi connectivity index (χ3v) is 5.77. The van der Waals surface area contributed by atoms with Gasteiger partial charge in [0.05, 0.1) is 26.4 Å². The number of hydrazone groups is 1. The highest BCUT2D eigenvalue weighted by Gasteiger charge is 2.20. The maximum atomic E-state index is 11.3. The quantitative estimate of drug-likeness (QED) is 0.237. The van der Waals surface area contributed by atoms with Crippen molar-refractivity contribution >= 4 is 18.4 Å². The van der Waals surface area contributed by atoms with E-state index in [0.717, 1.165) is 23.4 Å². The van der Waals surface area contributed by atoms with E-state index >= 15 is 0 Å². The van der Waals surface area contributed by atoms with Gasteiger partial charge < -0.3 is 9.72 Å². The molecule has 162 valence electrons. The average Bonchev–Trinajstić information content (AvgIpc) is 3.28. The molecule has 6 heteroatoms. The number of esters is 1. The van der Waals surface area contributed by atoms with Gasteiger partial charge in [0.2, 0.25) is 5.69 Å². The maximum absolute atomic E-state index is 11.3. The van der Waals surface area contributed by atoms with E-state index in [4.69, 9.17) is 0 Å². The minimum absolute atomic E-state index is 0.196. The first-order valence-electron chi connectivity index (χ1n) is 10.5. The molecule has 6 nitrogen and oxygen atoms in total. The molecule has 0 aliphatic carbocycles. The molecule has 2 N–H and O–H groups in total. The summed E-state index contributed by atoms with van der Waals surface area (Å²) in [6.45, 7) is 10.9. The molecule has 31 heavy (non-hydrogen) atoms. The van der Waals surface area contributed by atoms with Crippen molar-refractivity contribution < 1.29 is 14.2 Å². The summed E-state index contributed by atoms with van der Waals surface area (Å²) in [6.07, 6.45) is 4.81. The third kappa shape index (κ3) is 5.40. The van der Waals surface area contributed by atoms with E-state index < -0.39 is 0 Å². The number of imidazole rings is 1. The van der Waals surface area contributed by atoms with Crippen LogP contribution in [0.2, 0.25) is 0 Å². The summed E-state index contributed by atoms with van der Waals surface area (Å²) < 4.78 is 6.38. The second-order valence-electron chi connectivity index (χ2n) is 7.84. The number of nitrogens with one attached hydrogen (secondary N) is 2. The average molecular weight is 420 g/mol. The summed E-state index contributed by atoms with van der Waals surface area (Å²) in [6, 6.07) is 12.9. The van der Waals surface area contributed by atoms with Crippen molar-refractivity contribution in [3.05, 3.63) is 82.4 Å². The Morgan fingerprint density at radius 3 is 2.71 bits per heavy atom. The van der Waals surface area contributed by atoms with E-state index in [9.17, 15) is 4.79 Å². The molecule has 3 rings (SSSR count). The van der Waals surface area contributed by atoms with Crippen molar-refractivity contribution in [2.24, 2.45) is 0 Å². The molecule has 2 aromatic carbocycles. The van der Waals surface area contributed by atoms with Crippen LogP contribution in [0.3, 0.4) is 0 Å². The van der Waals surface area contributed by atoms with Gasteiger partial charge >= 0.3 is 5.97 Å². The van der Waals surface area contributed by atoms with Crippen LogP contribution in [0.5, 0.6) is 0 Å². The normalized spacial score (nSPS) is 11.7. The van der Waals surface area contributed by atoms with E-state index in [1.807, 2.05) is 6.20 Å². The Kier molecular flexibility index (Phi) is 7.23. The highest BCUT2D eigenvalue weighted by atomic mass is 16.5. The number of carbonyl (C=O) groups excluding carboxylic acids is 1. The molecule has 0 spiro atoms. The number of hydrogen-bond acceptors (Lipinski definition) is 4. The minimum Gasteiger partial charge on any atom is -0.469 e. The zero-order valence-corrected chi connectivity index (χ0v) is 18.7. The van der Waals surface area contributed by atoms with Crippen molar-refractivity contribution in [3.8, 4) is 0 Å². The summed E-state index contributed by atoms with van der Waals surface area (Å²) in [4.78, 5) is 18.9. The summed E-state index contributed by atoms with van der Waals surface area (Å²) in [7, 11) is 1.39. The molecule has 0 aliphatic heterocycles. The minimum atomic E-state index is -0.246. The van der Waals surface area contributed by atoms with Crippen molar-refractivity contribution in [2.45, 2.75) is 39.5 Å². The molecule has 0 saturated heterocycles. The summed E-state index contributed by atoms with van der Waals surface area (Å²) in [5, 5.41) is 0. The standard InChI is InChI=1S/C25H31N4O2/c1-17-7-6-8-21(19(17)3)22(23-15-26-16-27-23)14-20-9-10-24(18(2)13-20)29(4)28-12-11-25(30)31-5/h6-10,13,15-16,22,28H,4,11-12,14H2,1-3,5H3,(H,26,27)/q+1. The van der Waals surface area contributed by atoms with Gasteiger partial charge in [-0.25, -0.2) is 4.98 Å². The molecule has 0 saturated carbocycles. The van der Waals surface area contributed by atoms with Crippen LogP contribution in [0, 0.1) is 20.8 Å². The third-order valence-electron chi connectivity index (χ3n) is 5.77. The van der Waals surface area contributed by atoms with Gasteiger partial charge in [-0.2, -0.15) is 5.43 Å². The van der Waals surface area contributed by atoms with Crippen molar-refractivity contribution in [1.29, 1.82) is 0 Å². The molecule has 1 unspecified atom stereocenters. The Morgan fingerprint density at radius 2 is 2.03 bits per heavy atom. The second-order valence-corrected chi connectivity index (χ2v) is 7.84. The Balaban J connectivity index is 1.80. The predicted octanol–water partition coefficient (Wildman–Crippen LogP) is 4.12. The first kappa shape index (κ1) is 22.3. The molecular weight excluding hydrogens is 388 g/mol. The molecule has 0 bridgehead atoms. The fraction of sp³-hybridized carbons (Fsp3) is 0.320. The number of carbonyl (C=O) groups is 1. The number of nitrogens with zero attached hydrogens (tertiary/aromatic N) is 2. The lowest BCUT2D eigenvalue weighted by atomic mass is 9.85. The van der Waals surface area contributed by atoms with Crippen molar-refractivity contribution in [2.75, 3.05) is 13.7 Å². The number of benzene rings is 2. The van der Waals surface area contributed by atoms with Gasteiger partial charge in [0.15, 0.2) is 6.72 Å². The Hall–Kier alpha value is -3.41. The molecule has 1 atom stereocenters. The topological polar surface area (TPSA) is 70.0 Å². The van der Waals surface area contributed by atoms with Crippen LogP contribution in [0.25, 0.3) is 0 Å². The Labute approximate surface area is 184 Å². The number of rotatable bonds is 9. The Morgan fingerprint density at radius 1 is 1.23 bits per heavy atom. The maximum Gasteiger partial charge on any atom is 0.307 e. The molecule has 0 aliphatic rings. The summed E-state index contributed by atoms with van der Waals surface area (Å²) >= 11 is 0. The lowest BCUT2D eigenvalue weighted by Gasteiger charge is -2.20. The number of H-pyrrole nitrogens is 1. The first-order valence-corrected chi connectivity index (χ1v) is 10.5. The van der Waals surface area contributed by atoms with Gasteiger partial charge in [-0.1, -0.05) is 28.9 Å². The molecule has 1 heterocycles. The van der Waals surface area contributed by atoms with E-state index in [1.54, 1.807) is 11.0 Å². The van der Waals surface area contributed by atoms with Gasteiger partial charge in [0, 0.05) is 29.4 Å². The number of aromatic amines is 1. The van der Waals surface area contributed by atoms with E-state index in [2.05, 4.69) is 84.0 Å². The number of aryl methyl sites for hydroxylation is 2. The highest BCUT2D eigenvalue weighted by Crippen LogP contribution is 2.31. The smallest absolute Gasteiger partial charge is 0.307 e. The zero-order valence-electron chi connectivity index (χ0n) is 18.7. The monoisotopic (exact) mass is 419 g/mol. The van der Waals surface area contributed by atoms with Gasteiger partial charge in [0.25, 0.3) is 0 Å². The zero-order chi connectivity index (χ0) is 22.4. The van der Waals surface area contributed by atoms with Crippen LogP contribution < -0.4 is 5.43 Å². The Bertz CT molecular complexity index is 1060. The van der Waals surface area contributed by atoms with Crippen LogP contribution >= 0.6 is 0 Å². The second kappa shape index (κ2) is 10.1. The van der Waals surface area contributed by atoms with Gasteiger partial charge in [-0.3, -0.25) is 4.79 Å². The SMILES string of the molecule is C=[N+](NCCC(=O)OC)c1ccc(CC(c2cnc[nH]2)c2cccc(C)c2C)cc1C. The van der Waals surface area contributed by atoms with Crippen LogP contribution in [-0.2, 0) is 16.0 Å². The molecule has 1 aromatic heterocycles. The van der Waals surface area contributed by atoms with Crippen LogP contribution in [0.15, 0.2) is 48.9 Å². The van der Waals surface area contributed by atoms with Crippen LogP contribution in [0.4, 0.5) is 5.69 Å². The van der Waals surface area contributed by atoms with E-state index in [0.29, 0.717) is 13.0 Å². The lowest BCUT2D eigenvalue weighted by Crippen LogP contribution is -2.27. The van der Waals surface area contributed by atoms with E-state index in [1.165, 1.54) is 29.4 Å². The van der Waals surface area contributed by atoms with Gasteiger partial charge in [-0.15, -0.1) is 0 Å². The number of aromatic nitrogens is 2. The molecular formula is C25H31N4O2+. The molecule has 0 radical (unpaired) electrons. The fourth-order valence-corrected chi connectivity index (χ4v) is 3.86. The molecule has 0 fully saturated rings. The summed E-state index contributed by atoms with van der Waals surface area (Å²) in [5.74, 6) is -0.0500. The van der Waals surface area contributed by atoms with Crippen molar-refractivity contribution in [3.63, 3.8) is 0 Å². The number of methoxy groups -OCH3 is 1. The summed E-state index contributed by atoms with van der Waals surface area (Å²) in [5.41, 5.74) is 11.5. The van der Waals surface area contributed by atoms with Crippen LogP contribution in [-0.4, -0.2) is 41.0 Å². The highest BCUT2D eigenvalue weighted by molar-refractivity contribution is 5.69. The first-order chi connectivity index (χ1) is 14.9. The number of ether oxygens (including phenoxy) is 1. The number of hydrazine groups is 1. The molecule has 0 amide bonds.